The smallest absolute Gasteiger partial charge is 0.297 e. The topological polar surface area (TPSA) is 95.6 Å². The molecule has 1 amide bonds. The molecule has 8 nitrogen and oxygen atoms in total. The molecule has 0 fully saturated rings. The van der Waals surface area contributed by atoms with Gasteiger partial charge in [0.1, 0.15) is 30.9 Å². The zero-order chi connectivity index (χ0) is 22.2. The summed E-state index contributed by atoms with van der Waals surface area (Å²) >= 11 is 0. The van der Waals surface area contributed by atoms with E-state index in [9.17, 15) is 9.59 Å². The minimum absolute atomic E-state index is 0.120. The van der Waals surface area contributed by atoms with Gasteiger partial charge in [0.05, 0.1) is 12.4 Å². The Labute approximate surface area is 183 Å². The van der Waals surface area contributed by atoms with E-state index in [1.807, 2.05) is 50.2 Å². The number of carbonyl (C=O) groups excluding carboxylic acids is 1. The lowest BCUT2D eigenvalue weighted by molar-refractivity contribution is -0.122. The zero-order valence-electron chi connectivity index (χ0n) is 17.8. The normalized spacial score (nSPS) is 14.1. The molecule has 4 aromatic rings. The third-order valence-corrected chi connectivity index (χ3v) is 5.57. The van der Waals surface area contributed by atoms with Crippen molar-refractivity contribution in [2.45, 2.75) is 26.4 Å². The van der Waals surface area contributed by atoms with Crippen molar-refractivity contribution in [3.05, 3.63) is 64.7 Å². The van der Waals surface area contributed by atoms with E-state index in [4.69, 9.17) is 13.9 Å². The number of hydrogen-bond donors (Lipinski definition) is 1. The molecule has 5 rings (SSSR count). The maximum absolute atomic E-state index is 12.9. The summed E-state index contributed by atoms with van der Waals surface area (Å²) in [5.41, 5.74) is 1.76. The Morgan fingerprint density at radius 1 is 1.12 bits per heavy atom. The average Bonchev–Trinajstić information content (AvgIpc) is 3.18. The van der Waals surface area contributed by atoms with Crippen molar-refractivity contribution in [1.82, 2.24) is 14.9 Å². The predicted molar refractivity (Wildman–Crippen MR) is 119 cm³/mol. The van der Waals surface area contributed by atoms with E-state index < -0.39 is 0 Å². The van der Waals surface area contributed by atoms with Crippen LogP contribution >= 0.6 is 0 Å². The van der Waals surface area contributed by atoms with Crippen molar-refractivity contribution in [1.29, 1.82) is 0 Å². The van der Waals surface area contributed by atoms with Gasteiger partial charge in [-0.05, 0) is 35.7 Å². The van der Waals surface area contributed by atoms with Gasteiger partial charge in [0.15, 0.2) is 11.5 Å². The Morgan fingerprint density at radius 2 is 1.91 bits per heavy atom. The van der Waals surface area contributed by atoms with Crippen molar-refractivity contribution in [2.24, 2.45) is 5.92 Å². The number of rotatable bonds is 5. The van der Waals surface area contributed by atoms with Crippen LogP contribution in [-0.4, -0.2) is 28.7 Å². The number of carbonyl (C=O) groups is 1. The van der Waals surface area contributed by atoms with Gasteiger partial charge in [-0.25, -0.2) is 4.98 Å². The lowest BCUT2D eigenvalue weighted by Crippen LogP contribution is -2.36. The van der Waals surface area contributed by atoms with Gasteiger partial charge in [0.25, 0.3) is 5.56 Å². The molecule has 164 valence electrons. The second-order valence-corrected chi connectivity index (χ2v) is 8.15. The summed E-state index contributed by atoms with van der Waals surface area (Å²) in [5.74, 6) is 1.20. The Morgan fingerprint density at radius 3 is 2.72 bits per heavy atom. The number of furan rings is 1. The molecule has 0 spiro atoms. The molecule has 3 heterocycles. The molecule has 8 heteroatoms. The SMILES string of the molecule is CC(C)C(NC(=O)Cn1cnc2c(oc3ccccc32)c1=O)c1ccc2c(c1)OCCO2. The van der Waals surface area contributed by atoms with Crippen LogP contribution in [-0.2, 0) is 11.3 Å². The van der Waals surface area contributed by atoms with E-state index >= 15 is 0 Å². The number of nitrogens with zero attached hydrogens (tertiary/aromatic N) is 2. The highest BCUT2D eigenvalue weighted by Crippen LogP contribution is 2.34. The Bertz CT molecular complexity index is 1370. The highest BCUT2D eigenvalue weighted by Gasteiger charge is 2.22. The Hall–Kier alpha value is -3.81. The molecule has 0 bridgehead atoms. The molecule has 1 N–H and O–H groups in total. The van der Waals surface area contributed by atoms with Crippen LogP contribution in [0.4, 0.5) is 0 Å². The highest BCUT2D eigenvalue weighted by molar-refractivity contribution is 6.01. The van der Waals surface area contributed by atoms with Crippen LogP contribution in [0.25, 0.3) is 22.1 Å². The standard InChI is InChI=1S/C24H23N3O5/c1-14(2)21(15-7-8-18-19(11-15)31-10-9-30-18)26-20(28)12-27-13-25-22-16-5-3-4-6-17(16)32-23(22)24(27)29/h3-8,11,13-14,21H,9-10,12H2,1-2H3,(H,26,28). The summed E-state index contributed by atoms with van der Waals surface area (Å²) < 4.78 is 18.2. The molecular formula is C24H23N3O5. The van der Waals surface area contributed by atoms with E-state index in [0.29, 0.717) is 35.8 Å². The molecule has 0 aliphatic carbocycles. The summed E-state index contributed by atoms with van der Waals surface area (Å²) in [7, 11) is 0. The van der Waals surface area contributed by atoms with Gasteiger partial charge in [-0.15, -0.1) is 0 Å². The van der Waals surface area contributed by atoms with Crippen LogP contribution in [0.15, 0.2) is 58.0 Å². The van der Waals surface area contributed by atoms with Gasteiger partial charge in [-0.1, -0.05) is 32.0 Å². The summed E-state index contributed by atoms with van der Waals surface area (Å²) in [6.45, 7) is 4.91. The van der Waals surface area contributed by atoms with Gasteiger partial charge in [0, 0.05) is 5.39 Å². The maximum Gasteiger partial charge on any atom is 0.297 e. The first-order chi connectivity index (χ1) is 15.5. The van der Waals surface area contributed by atoms with Gasteiger partial charge < -0.3 is 19.2 Å². The van der Waals surface area contributed by atoms with Crippen molar-refractivity contribution in [3.8, 4) is 11.5 Å². The van der Waals surface area contributed by atoms with E-state index in [1.54, 1.807) is 6.07 Å². The summed E-state index contributed by atoms with van der Waals surface area (Å²) in [6.07, 6.45) is 1.39. The first-order valence-corrected chi connectivity index (χ1v) is 10.6. The second-order valence-electron chi connectivity index (χ2n) is 8.15. The van der Waals surface area contributed by atoms with Crippen LogP contribution in [0.2, 0.25) is 0 Å². The fourth-order valence-electron chi connectivity index (χ4n) is 3.99. The minimum Gasteiger partial charge on any atom is -0.486 e. The van der Waals surface area contributed by atoms with Crippen molar-refractivity contribution in [3.63, 3.8) is 0 Å². The van der Waals surface area contributed by atoms with Crippen molar-refractivity contribution < 1.29 is 18.7 Å². The number of para-hydroxylation sites is 1. The first kappa shape index (κ1) is 20.1. The second kappa shape index (κ2) is 8.03. The predicted octanol–water partition coefficient (Wildman–Crippen LogP) is 3.43. The molecule has 1 aliphatic rings. The quantitative estimate of drug-likeness (QED) is 0.518. The number of nitrogens with one attached hydrogen (secondary N) is 1. The number of aromatic nitrogens is 2. The van der Waals surface area contributed by atoms with Crippen LogP contribution in [0, 0.1) is 5.92 Å². The van der Waals surface area contributed by atoms with Gasteiger partial charge in [-0.2, -0.15) is 0 Å². The number of ether oxygens (including phenoxy) is 2. The molecule has 2 aromatic carbocycles. The third kappa shape index (κ3) is 3.57. The van der Waals surface area contributed by atoms with Gasteiger partial charge in [0.2, 0.25) is 11.5 Å². The van der Waals surface area contributed by atoms with Crippen molar-refractivity contribution >= 4 is 28.0 Å². The Balaban J connectivity index is 1.39. The fourth-order valence-corrected chi connectivity index (χ4v) is 3.99. The third-order valence-electron chi connectivity index (χ3n) is 5.57. The number of fused-ring (bicyclic) bond motifs is 4. The van der Waals surface area contributed by atoms with Gasteiger partial charge in [-0.3, -0.25) is 14.2 Å². The average molecular weight is 433 g/mol. The molecule has 1 atom stereocenters. The molecule has 1 unspecified atom stereocenters. The summed E-state index contributed by atoms with van der Waals surface area (Å²) in [5, 5.41) is 3.81. The van der Waals surface area contributed by atoms with Crippen molar-refractivity contribution in [2.75, 3.05) is 13.2 Å². The lowest BCUT2D eigenvalue weighted by Gasteiger charge is -2.25. The summed E-state index contributed by atoms with van der Waals surface area (Å²) in [6, 6.07) is 12.8. The molecule has 0 saturated carbocycles. The molecule has 0 radical (unpaired) electrons. The zero-order valence-corrected chi connectivity index (χ0v) is 17.8. The highest BCUT2D eigenvalue weighted by atomic mass is 16.6. The maximum atomic E-state index is 12.9. The lowest BCUT2D eigenvalue weighted by atomic mass is 9.95. The number of benzene rings is 2. The van der Waals surface area contributed by atoms with Crippen LogP contribution in [0.5, 0.6) is 11.5 Å². The van der Waals surface area contributed by atoms with E-state index in [0.717, 1.165) is 10.9 Å². The van der Waals surface area contributed by atoms with Gasteiger partial charge >= 0.3 is 0 Å². The van der Waals surface area contributed by atoms with E-state index in [2.05, 4.69) is 10.3 Å². The monoisotopic (exact) mass is 433 g/mol. The van der Waals surface area contributed by atoms with Crippen LogP contribution in [0.3, 0.4) is 0 Å². The van der Waals surface area contributed by atoms with E-state index in [-0.39, 0.29) is 35.6 Å². The first-order valence-electron chi connectivity index (χ1n) is 10.6. The molecule has 2 aromatic heterocycles. The molecule has 1 aliphatic heterocycles. The molecule has 0 saturated heterocycles. The van der Waals surface area contributed by atoms with Crippen LogP contribution < -0.4 is 20.3 Å². The number of amides is 1. The largest absolute Gasteiger partial charge is 0.486 e. The number of hydrogen-bond acceptors (Lipinski definition) is 6. The minimum atomic E-state index is -0.387. The molecular weight excluding hydrogens is 410 g/mol. The Kier molecular flexibility index (Phi) is 5.05. The fraction of sp³-hybridized carbons (Fsp3) is 0.292. The van der Waals surface area contributed by atoms with Crippen LogP contribution in [0.1, 0.15) is 25.5 Å². The summed E-state index contributed by atoms with van der Waals surface area (Å²) in [4.78, 5) is 30.1. The van der Waals surface area contributed by atoms with E-state index in [1.165, 1.54) is 10.9 Å². The molecule has 32 heavy (non-hydrogen) atoms.